The molecule has 0 fully saturated rings. The van der Waals surface area contributed by atoms with E-state index < -0.39 is 5.91 Å². The van der Waals surface area contributed by atoms with Gasteiger partial charge in [0, 0.05) is 6.20 Å². The zero-order valence-corrected chi connectivity index (χ0v) is 9.13. The van der Waals surface area contributed by atoms with Gasteiger partial charge >= 0.3 is 0 Å². The van der Waals surface area contributed by atoms with Crippen LogP contribution < -0.4 is 5.73 Å². The summed E-state index contributed by atoms with van der Waals surface area (Å²) in [6.45, 7) is 0.718. The van der Waals surface area contributed by atoms with E-state index in [4.69, 9.17) is 5.73 Å². The van der Waals surface area contributed by atoms with Gasteiger partial charge in [0.05, 0.1) is 17.8 Å². The van der Waals surface area contributed by atoms with E-state index in [1.165, 1.54) is 0 Å². The van der Waals surface area contributed by atoms with E-state index in [2.05, 4.69) is 4.99 Å². The number of nitrogens with two attached hydrogens (primary N) is 1. The third kappa shape index (κ3) is 1.54. The molecule has 4 nitrogen and oxygen atoms in total. The standard InChI is InChI=1S/C13H11N3O/c14-12(17)10-5-3-7-16-8-9-4-1-2-6-11(9)15-13(10)16/h1-7H,8H2,(H2,14,17). The minimum atomic E-state index is -0.447. The zero-order valence-electron chi connectivity index (χ0n) is 9.13. The lowest BCUT2D eigenvalue weighted by molar-refractivity contribution is -0.114. The molecular formula is C13H11N3O. The first-order chi connectivity index (χ1) is 8.25. The minimum absolute atomic E-state index is 0.447. The largest absolute Gasteiger partial charge is 0.365 e. The summed E-state index contributed by atoms with van der Waals surface area (Å²) in [4.78, 5) is 17.8. The molecule has 17 heavy (non-hydrogen) atoms. The Morgan fingerprint density at radius 1 is 1.35 bits per heavy atom. The van der Waals surface area contributed by atoms with Gasteiger partial charge in [-0.15, -0.1) is 0 Å². The van der Waals surface area contributed by atoms with Crippen LogP contribution in [-0.2, 0) is 11.3 Å². The molecule has 0 unspecified atom stereocenters. The second-order valence-electron chi connectivity index (χ2n) is 3.98. The fourth-order valence-electron chi connectivity index (χ4n) is 2.04. The first-order valence-electron chi connectivity index (χ1n) is 5.37. The Labute approximate surface area is 98.8 Å². The summed E-state index contributed by atoms with van der Waals surface area (Å²) in [7, 11) is 0. The molecular weight excluding hydrogens is 214 g/mol. The van der Waals surface area contributed by atoms with Crippen LogP contribution in [0.4, 0.5) is 5.69 Å². The van der Waals surface area contributed by atoms with Crippen LogP contribution in [0.2, 0.25) is 0 Å². The average molecular weight is 225 g/mol. The van der Waals surface area contributed by atoms with Crippen LogP contribution in [0.15, 0.2) is 53.2 Å². The Kier molecular flexibility index (Phi) is 2.08. The lowest BCUT2D eigenvalue weighted by Gasteiger charge is -2.29. The number of fused-ring (bicyclic) bond motifs is 2. The molecule has 3 rings (SSSR count). The highest BCUT2D eigenvalue weighted by molar-refractivity contribution is 6.22. The molecule has 2 N–H and O–H groups in total. The van der Waals surface area contributed by atoms with Gasteiger partial charge in [0.15, 0.2) is 0 Å². The number of hydrogen-bond acceptors (Lipinski definition) is 3. The van der Waals surface area contributed by atoms with Gasteiger partial charge in [0.25, 0.3) is 5.91 Å². The number of amides is 1. The van der Waals surface area contributed by atoms with Crippen LogP contribution in [0.1, 0.15) is 5.56 Å². The monoisotopic (exact) mass is 225 g/mol. The van der Waals surface area contributed by atoms with Gasteiger partial charge in [-0.05, 0) is 23.8 Å². The lowest BCUT2D eigenvalue weighted by atomic mass is 10.1. The normalized spacial score (nSPS) is 16.8. The van der Waals surface area contributed by atoms with Gasteiger partial charge in [-0.2, -0.15) is 0 Å². The van der Waals surface area contributed by atoms with E-state index in [9.17, 15) is 4.79 Å². The van der Waals surface area contributed by atoms with Crippen LogP contribution >= 0.6 is 0 Å². The van der Waals surface area contributed by atoms with Crippen LogP contribution in [-0.4, -0.2) is 16.6 Å². The van der Waals surface area contributed by atoms with Gasteiger partial charge < -0.3 is 10.6 Å². The van der Waals surface area contributed by atoms with E-state index in [-0.39, 0.29) is 0 Å². The molecule has 2 aliphatic rings. The summed E-state index contributed by atoms with van der Waals surface area (Å²) in [6, 6.07) is 7.89. The maximum Gasteiger partial charge on any atom is 0.252 e. The third-order valence-corrected chi connectivity index (χ3v) is 2.87. The van der Waals surface area contributed by atoms with Crippen molar-refractivity contribution in [2.24, 2.45) is 10.7 Å². The number of allylic oxidation sites excluding steroid dienone is 2. The van der Waals surface area contributed by atoms with Crippen molar-refractivity contribution in [1.29, 1.82) is 0 Å². The number of para-hydroxylation sites is 1. The lowest BCUT2D eigenvalue weighted by Crippen LogP contribution is -2.35. The maximum atomic E-state index is 11.3. The Balaban J connectivity index is 2.13. The van der Waals surface area contributed by atoms with Crippen molar-refractivity contribution in [1.82, 2.24) is 4.90 Å². The number of primary amides is 1. The molecule has 1 aromatic carbocycles. The third-order valence-electron chi connectivity index (χ3n) is 2.87. The van der Waals surface area contributed by atoms with Crippen molar-refractivity contribution in [3.8, 4) is 0 Å². The number of amidine groups is 1. The van der Waals surface area contributed by atoms with Crippen molar-refractivity contribution in [3.63, 3.8) is 0 Å². The van der Waals surface area contributed by atoms with E-state index >= 15 is 0 Å². The second-order valence-corrected chi connectivity index (χ2v) is 3.98. The molecule has 0 spiro atoms. The summed E-state index contributed by atoms with van der Waals surface area (Å²) >= 11 is 0. The van der Waals surface area contributed by atoms with Gasteiger partial charge in [-0.25, -0.2) is 4.99 Å². The maximum absolute atomic E-state index is 11.3. The van der Waals surface area contributed by atoms with Crippen LogP contribution in [0.5, 0.6) is 0 Å². The Hall–Kier alpha value is -2.36. The highest BCUT2D eigenvalue weighted by Crippen LogP contribution is 2.29. The van der Waals surface area contributed by atoms with Crippen LogP contribution in [0.25, 0.3) is 0 Å². The second kappa shape index (κ2) is 3.59. The van der Waals surface area contributed by atoms with Crippen LogP contribution in [0, 0.1) is 0 Å². The number of hydrogen-bond donors (Lipinski definition) is 1. The van der Waals surface area contributed by atoms with Gasteiger partial charge in [-0.1, -0.05) is 18.2 Å². The van der Waals surface area contributed by atoms with Gasteiger partial charge in [0.1, 0.15) is 5.84 Å². The van der Waals surface area contributed by atoms with Crippen molar-refractivity contribution in [2.45, 2.75) is 6.54 Å². The summed E-state index contributed by atoms with van der Waals surface area (Å²) in [6.07, 6.45) is 5.42. The fraction of sp³-hybridized carbons (Fsp3) is 0.0769. The molecule has 0 atom stereocenters. The summed E-state index contributed by atoms with van der Waals surface area (Å²) in [5.74, 6) is 0.191. The predicted molar refractivity (Wildman–Crippen MR) is 65.5 cm³/mol. The van der Waals surface area contributed by atoms with Gasteiger partial charge in [0.2, 0.25) is 0 Å². The number of rotatable bonds is 1. The highest BCUT2D eigenvalue weighted by Gasteiger charge is 2.25. The van der Waals surface area contributed by atoms with E-state index in [1.54, 1.807) is 6.08 Å². The Bertz CT molecular complexity index is 584. The fourth-order valence-corrected chi connectivity index (χ4v) is 2.04. The Morgan fingerprint density at radius 2 is 2.18 bits per heavy atom. The van der Waals surface area contributed by atoms with Crippen molar-refractivity contribution >= 4 is 17.4 Å². The molecule has 0 aromatic heterocycles. The van der Waals surface area contributed by atoms with Crippen LogP contribution in [0.3, 0.4) is 0 Å². The van der Waals surface area contributed by atoms with Crippen molar-refractivity contribution in [3.05, 3.63) is 53.8 Å². The number of carbonyl (C=O) groups is 1. The zero-order chi connectivity index (χ0) is 11.8. The smallest absolute Gasteiger partial charge is 0.252 e. The van der Waals surface area contributed by atoms with E-state index in [0.29, 0.717) is 11.4 Å². The topological polar surface area (TPSA) is 58.7 Å². The summed E-state index contributed by atoms with van der Waals surface area (Å²) in [5, 5.41) is 0. The molecule has 84 valence electrons. The molecule has 0 aliphatic carbocycles. The summed E-state index contributed by atoms with van der Waals surface area (Å²) < 4.78 is 0. The highest BCUT2D eigenvalue weighted by atomic mass is 16.1. The molecule has 0 bridgehead atoms. The van der Waals surface area contributed by atoms with Gasteiger partial charge in [-0.3, -0.25) is 4.79 Å². The number of aliphatic imine (C=N–C) groups is 1. The van der Waals surface area contributed by atoms with Crippen molar-refractivity contribution < 1.29 is 4.79 Å². The average Bonchev–Trinajstić information content (AvgIpc) is 2.35. The van der Waals surface area contributed by atoms with Crippen molar-refractivity contribution in [2.75, 3.05) is 0 Å². The molecule has 1 aromatic rings. The minimum Gasteiger partial charge on any atom is -0.365 e. The quantitative estimate of drug-likeness (QED) is 0.786. The molecule has 0 saturated heterocycles. The molecule has 4 heteroatoms. The molecule has 0 saturated carbocycles. The molecule has 1 amide bonds. The molecule has 2 heterocycles. The SMILES string of the molecule is NC(=O)C1=CC=CN2Cc3ccccc3N=C12. The Morgan fingerprint density at radius 3 is 3.00 bits per heavy atom. The first kappa shape index (κ1) is 9.84. The molecule has 2 aliphatic heterocycles. The number of benzene rings is 1. The van der Waals surface area contributed by atoms with E-state index in [0.717, 1.165) is 17.8 Å². The number of nitrogens with zero attached hydrogens (tertiary/aromatic N) is 2. The summed E-state index contributed by atoms with van der Waals surface area (Å²) in [5.41, 5.74) is 7.85. The number of carbonyl (C=O) groups excluding carboxylic acids is 1. The predicted octanol–water partition coefficient (Wildman–Crippen LogP) is 1.47. The van der Waals surface area contributed by atoms with E-state index in [1.807, 2.05) is 41.4 Å². The first-order valence-corrected chi connectivity index (χ1v) is 5.37. The molecule has 0 radical (unpaired) electrons.